The van der Waals surface area contributed by atoms with Gasteiger partial charge in [0.05, 0.1) is 0 Å². The van der Waals surface area contributed by atoms with E-state index in [1.807, 2.05) is 0 Å². The summed E-state index contributed by atoms with van der Waals surface area (Å²) >= 11 is 0. The van der Waals surface area contributed by atoms with Crippen LogP contribution in [0.15, 0.2) is 0 Å². The van der Waals surface area contributed by atoms with Crippen LogP contribution in [0.1, 0.15) is 51.4 Å². The molecule has 0 aromatic carbocycles. The summed E-state index contributed by atoms with van der Waals surface area (Å²) in [5, 5.41) is 11.6. The summed E-state index contributed by atoms with van der Waals surface area (Å²) in [5.74, 6) is 2.54. The molecular formula is C16H23NO3. The second kappa shape index (κ2) is 6.78. The predicted octanol–water partition coefficient (Wildman–Crippen LogP) is 2.19. The van der Waals surface area contributed by atoms with Crippen molar-refractivity contribution in [1.82, 2.24) is 5.32 Å². The summed E-state index contributed by atoms with van der Waals surface area (Å²) in [7, 11) is 0. The zero-order chi connectivity index (χ0) is 14.5. The highest BCUT2D eigenvalue weighted by molar-refractivity contribution is 5.85. The quantitative estimate of drug-likeness (QED) is 0.774. The molecule has 20 heavy (non-hydrogen) atoms. The summed E-state index contributed by atoms with van der Waals surface area (Å²) in [6, 6.07) is -0.948. The van der Waals surface area contributed by atoms with Gasteiger partial charge in [0, 0.05) is 12.3 Å². The molecule has 4 unspecified atom stereocenters. The second-order valence-corrected chi connectivity index (χ2v) is 6.12. The van der Waals surface area contributed by atoms with E-state index in [0.29, 0.717) is 5.92 Å². The van der Waals surface area contributed by atoms with Crippen LogP contribution in [-0.2, 0) is 9.59 Å². The van der Waals surface area contributed by atoms with Gasteiger partial charge in [0.2, 0.25) is 5.91 Å². The molecule has 4 atom stereocenters. The Morgan fingerprint density at radius 1 is 1.20 bits per heavy atom. The summed E-state index contributed by atoms with van der Waals surface area (Å²) in [6.45, 7) is 0. The van der Waals surface area contributed by atoms with Crippen molar-refractivity contribution < 1.29 is 14.7 Å². The molecule has 0 aliphatic heterocycles. The fourth-order valence-electron chi connectivity index (χ4n) is 3.72. The second-order valence-electron chi connectivity index (χ2n) is 6.12. The van der Waals surface area contributed by atoms with E-state index in [1.54, 1.807) is 0 Å². The van der Waals surface area contributed by atoms with E-state index in [4.69, 9.17) is 11.5 Å². The van der Waals surface area contributed by atoms with Crippen molar-refractivity contribution in [2.75, 3.05) is 0 Å². The van der Waals surface area contributed by atoms with Gasteiger partial charge >= 0.3 is 5.97 Å². The summed E-state index contributed by atoms with van der Waals surface area (Å²) in [6.07, 6.45) is 13.2. The zero-order valence-electron chi connectivity index (χ0n) is 11.8. The maximum absolute atomic E-state index is 12.2. The van der Waals surface area contributed by atoms with Gasteiger partial charge in [-0.05, 0) is 31.1 Å². The van der Waals surface area contributed by atoms with E-state index < -0.39 is 12.0 Å². The molecule has 0 spiro atoms. The lowest BCUT2D eigenvalue weighted by atomic mass is 9.67. The third-order valence-corrected chi connectivity index (χ3v) is 4.85. The largest absolute Gasteiger partial charge is 0.480 e. The fraction of sp³-hybridized carbons (Fsp3) is 0.750. The first-order valence-electron chi connectivity index (χ1n) is 7.58. The van der Waals surface area contributed by atoms with Gasteiger partial charge in [0.25, 0.3) is 0 Å². The normalized spacial score (nSPS) is 30.6. The van der Waals surface area contributed by atoms with Crippen molar-refractivity contribution in [3.8, 4) is 12.3 Å². The number of aliphatic carboxylic acids is 1. The number of carbonyl (C=O) groups excluding carboxylic acids is 1. The van der Waals surface area contributed by atoms with Crippen LogP contribution in [0.5, 0.6) is 0 Å². The molecule has 0 aromatic rings. The monoisotopic (exact) mass is 277 g/mol. The summed E-state index contributed by atoms with van der Waals surface area (Å²) in [5.41, 5.74) is 0. The van der Waals surface area contributed by atoms with Gasteiger partial charge in [-0.1, -0.05) is 25.7 Å². The number of terminal acetylenes is 1. The number of carboxylic acid groups (broad SMARTS) is 1. The minimum atomic E-state index is -1.05. The lowest BCUT2D eigenvalue weighted by Crippen LogP contribution is -2.45. The van der Waals surface area contributed by atoms with E-state index in [2.05, 4.69) is 11.2 Å². The molecule has 0 saturated heterocycles. The SMILES string of the molecule is C#CCC(NC(=O)C1CCC2CCCCC2C1)C(=O)O. The number of carbonyl (C=O) groups is 2. The first-order chi connectivity index (χ1) is 9.61. The Morgan fingerprint density at radius 2 is 1.90 bits per heavy atom. The Hall–Kier alpha value is -1.50. The highest BCUT2D eigenvalue weighted by Crippen LogP contribution is 2.42. The maximum atomic E-state index is 12.2. The van der Waals surface area contributed by atoms with Crippen LogP contribution in [-0.4, -0.2) is 23.0 Å². The van der Waals surface area contributed by atoms with E-state index in [1.165, 1.54) is 25.7 Å². The van der Waals surface area contributed by atoms with Crippen LogP contribution in [0.3, 0.4) is 0 Å². The average Bonchev–Trinajstić information content (AvgIpc) is 2.46. The van der Waals surface area contributed by atoms with Gasteiger partial charge < -0.3 is 10.4 Å². The number of hydrogen-bond acceptors (Lipinski definition) is 2. The molecule has 2 fully saturated rings. The van der Waals surface area contributed by atoms with Crippen molar-refractivity contribution in [1.29, 1.82) is 0 Å². The topological polar surface area (TPSA) is 66.4 Å². The van der Waals surface area contributed by atoms with Crippen LogP contribution < -0.4 is 5.32 Å². The zero-order valence-corrected chi connectivity index (χ0v) is 11.8. The van der Waals surface area contributed by atoms with Crippen molar-refractivity contribution >= 4 is 11.9 Å². The van der Waals surface area contributed by atoms with Crippen molar-refractivity contribution in [2.45, 2.75) is 57.4 Å². The third kappa shape index (κ3) is 3.53. The van der Waals surface area contributed by atoms with Gasteiger partial charge in [-0.15, -0.1) is 12.3 Å². The van der Waals surface area contributed by atoms with Crippen LogP contribution in [0.25, 0.3) is 0 Å². The Morgan fingerprint density at radius 3 is 2.55 bits per heavy atom. The van der Waals surface area contributed by atoms with E-state index >= 15 is 0 Å². The molecule has 0 aromatic heterocycles. The van der Waals surface area contributed by atoms with Crippen LogP contribution in [0.2, 0.25) is 0 Å². The molecular weight excluding hydrogens is 254 g/mol. The number of carboxylic acids is 1. The lowest BCUT2D eigenvalue weighted by molar-refractivity contribution is -0.142. The molecule has 2 aliphatic carbocycles. The Labute approximate surface area is 120 Å². The molecule has 2 rings (SSSR count). The fourth-order valence-corrected chi connectivity index (χ4v) is 3.72. The van der Waals surface area contributed by atoms with Gasteiger partial charge in [0.15, 0.2) is 0 Å². The molecule has 1 amide bonds. The molecule has 0 heterocycles. The predicted molar refractivity (Wildman–Crippen MR) is 75.8 cm³/mol. The average molecular weight is 277 g/mol. The number of nitrogens with one attached hydrogen (secondary N) is 1. The summed E-state index contributed by atoms with van der Waals surface area (Å²) < 4.78 is 0. The van der Waals surface area contributed by atoms with E-state index in [0.717, 1.165) is 25.2 Å². The van der Waals surface area contributed by atoms with Gasteiger partial charge in [-0.3, -0.25) is 4.79 Å². The highest BCUT2D eigenvalue weighted by Gasteiger charge is 2.35. The standard InChI is InChI=1S/C16H23NO3/c1-2-5-14(16(19)20)17-15(18)13-9-8-11-6-3-4-7-12(11)10-13/h1,11-14H,3-10H2,(H,17,18)(H,19,20). The van der Waals surface area contributed by atoms with Crippen LogP contribution in [0.4, 0.5) is 0 Å². The smallest absolute Gasteiger partial charge is 0.327 e. The van der Waals surface area contributed by atoms with Gasteiger partial charge in [-0.2, -0.15) is 0 Å². The number of fused-ring (bicyclic) bond motifs is 1. The highest BCUT2D eigenvalue weighted by atomic mass is 16.4. The molecule has 0 bridgehead atoms. The van der Waals surface area contributed by atoms with Crippen molar-refractivity contribution in [3.63, 3.8) is 0 Å². The molecule has 110 valence electrons. The third-order valence-electron chi connectivity index (χ3n) is 4.85. The first-order valence-corrected chi connectivity index (χ1v) is 7.58. The van der Waals surface area contributed by atoms with Crippen LogP contribution in [0, 0.1) is 30.1 Å². The Balaban J connectivity index is 1.89. The Kier molecular flexibility index (Phi) is 5.05. The first kappa shape index (κ1) is 14.9. The van der Waals surface area contributed by atoms with Gasteiger partial charge in [-0.25, -0.2) is 4.79 Å². The van der Waals surface area contributed by atoms with Crippen LogP contribution >= 0.6 is 0 Å². The van der Waals surface area contributed by atoms with E-state index in [9.17, 15) is 9.59 Å². The van der Waals surface area contributed by atoms with Gasteiger partial charge in [0.1, 0.15) is 6.04 Å². The number of rotatable bonds is 4. The Bertz CT molecular complexity index is 412. The molecule has 0 radical (unpaired) electrons. The molecule has 2 N–H and O–H groups in total. The summed E-state index contributed by atoms with van der Waals surface area (Å²) in [4.78, 5) is 23.2. The number of hydrogen-bond donors (Lipinski definition) is 2. The molecule has 2 saturated carbocycles. The molecule has 4 heteroatoms. The lowest BCUT2D eigenvalue weighted by Gasteiger charge is -2.38. The van der Waals surface area contributed by atoms with Crippen molar-refractivity contribution in [3.05, 3.63) is 0 Å². The maximum Gasteiger partial charge on any atom is 0.327 e. The minimum Gasteiger partial charge on any atom is -0.480 e. The molecule has 2 aliphatic rings. The van der Waals surface area contributed by atoms with E-state index in [-0.39, 0.29) is 18.2 Å². The minimum absolute atomic E-state index is 0.0334. The van der Waals surface area contributed by atoms with Crippen molar-refractivity contribution in [2.24, 2.45) is 17.8 Å². The molecule has 4 nitrogen and oxygen atoms in total. The number of amides is 1.